The number of amides is 1. The Bertz CT molecular complexity index is 601. The van der Waals surface area contributed by atoms with Crippen LogP contribution in [0, 0.1) is 5.92 Å². The van der Waals surface area contributed by atoms with E-state index in [1.807, 2.05) is 0 Å². The van der Waals surface area contributed by atoms with Crippen molar-refractivity contribution in [2.45, 2.75) is 18.2 Å². The molecule has 0 spiro atoms. The fourth-order valence-corrected chi connectivity index (χ4v) is 3.27. The minimum atomic E-state index is -0.232. The average Bonchev–Trinajstić information content (AvgIpc) is 2.84. The molecule has 0 atom stereocenters. The van der Waals surface area contributed by atoms with Gasteiger partial charge in [0.1, 0.15) is 0 Å². The lowest BCUT2D eigenvalue weighted by Crippen LogP contribution is -2.11. The highest BCUT2D eigenvalue weighted by molar-refractivity contribution is 8.01. The molecule has 0 saturated carbocycles. The number of nitrogens with one attached hydrogen (secondary N) is 1. The smallest absolute Gasteiger partial charge is 0.257 e. The third-order valence-corrected chi connectivity index (χ3v) is 4.89. The standard InChI is InChI=1S/C13H14ClN3OS2/c1-8(2)7-19-13-17-16-12(20-13)15-11(18)9-4-3-5-10(14)6-9/h3-6,8H,7H2,1-2H3,(H,15,16,18). The minimum absolute atomic E-state index is 0.232. The van der Waals surface area contributed by atoms with E-state index in [-0.39, 0.29) is 5.91 Å². The Hall–Kier alpha value is -1.11. The Balaban J connectivity index is 1.98. The van der Waals surface area contributed by atoms with Crippen LogP contribution in [0.2, 0.25) is 5.02 Å². The molecule has 20 heavy (non-hydrogen) atoms. The average molecular weight is 328 g/mol. The van der Waals surface area contributed by atoms with E-state index in [2.05, 4.69) is 29.4 Å². The van der Waals surface area contributed by atoms with Crippen molar-refractivity contribution in [3.63, 3.8) is 0 Å². The Morgan fingerprint density at radius 2 is 2.25 bits per heavy atom. The summed E-state index contributed by atoms with van der Waals surface area (Å²) in [5.41, 5.74) is 0.504. The molecule has 0 aliphatic heterocycles. The molecule has 0 fully saturated rings. The first-order valence-corrected chi connectivity index (χ1v) is 8.26. The summed E-state index contributed by atoms with van der Waals surface area (Å²) in [5.74, 6) is 1.34. The van der Waals surface area contributed by atoms with Gasteiger partial charge in [-0.15, -0.1) is 10.2 Å². The highest BCUT2D eigenvalue weighted by atomic mass is 35.5. The van der Waals surface area contributed by atoms with Crippen LogP contribution < -0.4 is 5.32 Å². The van der Waals surface area contributed by atoms with Crippen molar-refractivity contribution in [2.75, 3.05) is 11.1 Å². The molecule has 0 unspecified atom stereocenters. The van der Waals surface area contributed by atoms with E-state index in [0.717, 1.165) is 10.1 Å². The molecule has 2 aromatic rings. The number of benzene rings is 1. The molecular weight excluding hydrogens is 314 g/mol. The van der Waals surface area contributed by atoms with Crippen LogP contribution in [0.15, 0.2) is 28.6 Å². The van der Waals surface area contributed by atoms with E-state index >= 15 is 0 Å². The molecule has 0 radical (unpaired) electrons. The Morgan fingerprint density at radius 1 is 1.45 bits per heavy atom. The molecular formula is C13H14ClN3OS2. The zero-order valence-electron chi connectivity index (χ0n) is 11.1. The van der Waals surface area contributed by atoms with Crippen molar-refractivity contribution >= 4 is 45.7 Å². The number of hydrogen-bond donors (Lipinski definition) is 1. The van der Waals surface area contributed by atoms with Crippen LogP contribution in [0.5, 0.6) is 0 Å². The molecule has 1 amide bonds. The van der Waals surface area contributed by atoms with E-state index in [1.54, 1.807) is 36.0 Å². The van der Waals surface area contributed by atoms with Crippen LogP contribution in [-0.4, -0.2) is 21.9 Å². The van der Waals surface area contributed by atoms with E-state index in [9.17, 15) is 4.79 Å². The molecule has 0 aliphatic rings. The second-order valence-corrected chi connectivity index (χ2v) is 7.22. The summed E-state index contributed by atoms with van der Waals surface area (Å²) >= 11 is 8.88. The quantitative estimate of drug-likeness (QED) is 0.660. The Morgan fingerprint density at radius 3 is 2.95 bits per heavy atom. The second kappa shape index (κ2) is 7.06. The van der Waals surface area contributed by atoms with Gasteiger partial charge in [0.05, 0.1) is 0 Å². The van der Waals surface area contributed by atoms with Gasteiger partial charge in [-0.3, -0.25) is 10.1 Å². The zero-order chi connectivity index (χ0) is 14.5. The first-order valence-electron chi connectivity index (χ1n) is 6.08. The SMILES string of the molecule is CC(C)CSc1nnc(NC(=O)c2cccc(Cl)c2)s1. The molecule has 4 nitrogen and oxygen atoms in total. The summed E-state index contributed by atoms with van der Waals surface area (Å²) in [6.07, 6.45) is 0. The Kier molecular flexibility index (Phi) is 5.39. The van der Waals surface area contributed by atoms with E-state index in [0.29, 0.717) is 21.6 Å². The van der Waals surface area contributed by atoms with Gasteiger partial charge in [-0.2, -0.15) is 0 Å². The van der Waals surface area contributed by atoms with Crippen LogP contribution in [-0.2, 0) is 0 Å². The number of hydrogen-bond acceptors (Lipinski definition) is 5. The van der Waals surface area contributed by atoms with Gasteiger partial charge in [0.25, 0.3) is 5.91 Å². The summed E-state index contributed by atoms with van der Waals surface area (Å²) in [5, 5.41) is 11.8. The number of aromatic nitrogens is 2. The minimum Gasteiger partial charge on any atom is -0.296 e. The molecule has 0 saturated heterocycles. The third kappa shape index (κ3) is 4.47. The number of thioether (sulfide) groups is 1. The Labute approximate surface area is 130 Å². The van der Waals surface area contributed by atoms with Crippen LogP contribution in [0.25, 0.3) is 0 Å². The van der Waals surface area contributed by atoms with Gasteiger partial charge >= 0.3 is 0 Å². The maximum absolute atomic E-state index is 12.0. The van der Waals surface area contributed by atoms with E-state index in [1.165, 1.54) is 11.3 Å². The molecule has 7 heteroatoms. The highest BCUT2D eigenvalue weighted by Gasteiger charge is 2.11. The molecule has 1 heterocycles. The van der Waals surface area contributed by atoms with Crippen LogP contribution in [0.3, 0.4) is 0 Å². The molecule has 1 aromatic carbocycles. The molecule has 1 aromatic heterocycles. The second-order valence-electron chi connectivity index (χ2n) is 4.54. The molecule has 106 valence electrons. The number of halogens is 1. The number of carbonyl (C=O) groups excluding carboxylic acids is 1. The molecule has 0 bridgehead atoms. The van der Waals surface area contributed by atoms with Crippen molar-refractivity contribution in [1.82, 2.24) is 10.2 Å². The maximum atomic E-state index is 12.0. The first-order chi connectivity index (χ1) is 9.54. The van der Waals surface area contributed by atoms with Gasteiger partial charge < -0.3 is 0 Å². The number of anilines is 1. The van der Waals surface area contributed by atoms with Gasteiger partial charge in [-0.25, -0.2) is 0 Å². The van der Waals surface area contributed by atoms with E-state index in [4.69, 9.17) is 11.6 Å². The van der Waals surface area contributed by atoms with Crippen molar-refractivity contribution in [3.8, 4) is 0 Å². The lowest BCUT2D eigenvalue weighted by atomic mass is 10.2. The monoisotopic (exact) mass is 327 g/mol. The van der Waals surface area contributed by atoms with Gasteiger partial charge in [-0.05, 0) is 24.1 Å². The highest BCUT2D eigenvalue weighted by Crippen LogP contribution is 2.27. The zero-order valence-corrected chi connectivity index (χ0v) is 13.5. The van der Waals surface area contributed by atoms with Crippen molar-refractivity contribution < 1.29 is 4.79 Å². The van der Waals surface area contributed by atoms with Crippen molar-refractivity contribution in [2.24, 2.45) is 5.92 Å². The van der Waals surface area contributed by atoms with Gasteiger partial charge in [0, 0.05) is 16.3 Å². The van der Waals surface area contributed by atoms with Gasteiger partial charge in [0.2, 0.25) is 5.13 Å². The lowest BCUT2D eigenvalue weighted by Gasteiger charge is -2.01. The normalized spacial score (nSPS) is 10.8. The van der Waals surface area contributed by atoms with Gasteiger partial charge in [0.15, 0.2) is 4.34 Å². The summed E-state index contributed by atoms with van der Waals surface area (Å²) in [4.78, 5) is 12.0. The molecule has 2 rings (SSSR count). The van der Waals surface area contributed by atoms with Crippen molar-refractivity contribution in [1.29, 1.82) is 0 Å². The molecule has 1 N–H and O–H groups in total. The van der Waals surface area contributed by atoms with Crippen LogP contribution in [0.4, 0.5) is 5.13 Å². The maximum Gasteiger partial charge on any atom is 0.257 e. The summed E-state index contributed by atoms with van der Waals surface area (Å²) in [7, 11) is 0. The number of carbonyl (C=O) groups is 1. The van der Waals surface area contributed by atoms with Crippen molar-refractivity contribution in [3.05, 3.63) is 34.9 Å². The summed E-state index contributed by atoms with van der Waals surface area (Å²) < 4.78 is 0.861. The fraction of sp³-hybridized carbons (Fsp3) is 0.308. The summed E-state index contributed by atoms with van der Waals surface area (Å²) in [6.45, 7) is 4.30. The third-order valence-electron chi connectivity index (χ3n) is 2.25. The topological polar surface area (TPSA) is 54.9 Å². The van der Waals surface area contributed by atoms with Gasteiger partial charge in [-0.1, -0.05) is 54.6 Å². The lowest BCUT2D eigenvalue weighted by molar-refractivity contribution is 0.102. The fourth-order valence-electron chi connectivity index (χ4n) is 1.36. The number of rotatable bonds is 5. The predicted molar refractivity (Wildman–Crippen MR) is 84.9 cm³/mol. The largest absolute Gasteiger partial charge is 0.296 e. The van der Waals surface area contributed by atoms with Crippen LogP contribution in [0.1, 0.15) is 24.2 Å². The van der Waals surface area contributed by atoms with Crippen LogP contribution >= 0.6 is 34.7 Å². The predicted octanol–water partition coefficient (Wildman–Crippen LogP) is 4.19. The molecule has 0 aliphatic carbocycles. The first kappa shape index (κ1) is 15.3. The number of nitrogens with zero attached hydrogens (tertiary/aromatic N) is 2. The summed E-state index contributed by atoms with van der Waals surface area (Å²) in [6, 6.07) is 6.79. The van der Waals surface area contributed by atoms with E-state index < -0.39 is 0 Å².